The maximum absolute atomic E-state index is 11.9. The van der Waals surface area contributed by atoms with Gasteiger partial charge in [0.2, 0.25) is 0 Å². The van der Waals surface area contributed by atoms with Gasteiger partial charge in [0.15, 0.2) is 6.61 Å². The Balaban J connectivity index is 1.70. The van der Waals surface area contributed by atoms with Crippen LogP contribution in [0.1, 0.15) is 38.0 Å². The van der Waals surface area contributed by atoms with Gasteiger partial charge in [-0.2, -0.15) is 0 Å². The molecule has 1 aromatic heterocycles. The summed E-state index contributed by atoms with van der Waals surface area (Å²) in [6, 6.07) is 3.99. The van der Waals surface area contributed by atoms with E-state index in [1.165, 1.54) is 17.8 Å². The second kappa shape index (κ2) is 7.59. The summed E-state index contributed by atoms with van der Waals surface area (Å²) in [7, 11) is 0. The minimum atomic E-state index is -0.349. The molecule has 0 aliphatic heterocycles. The highest BCUT2D eigenvalue weighted by Crippen LogP contribution is 2.29. The Bertz CT molecular complexity index is 472. The lowest BCUT2D eigenvalue weighted by atomic mass is 9.78. The minimum Gasteiger partial charge on any atom is -0.455 e. The molecule has 1 aliphatic carbocycles. The minimum absolute atomic E-state index is 0.179. The number of ether oxygens (including phenoxy) is 1. The average molecular weight is 309 g/mol. The van der Waals surface area contributed by atoms with Gasteiger partial charge in [0.1, 0.15) is 0 Å². The molecule has 116 valence electrons. The van der Waals surface area contributed by atoms with Gasteiger partial charge in [-0.1, -0.05) is 32.8 Å². The number of esters is 1. The summed E-state index contributed by atoms with van der Waals surface area (Å²) in [5, 5.41) is 4.92. The zero-order valence-electron chi connectivity index (χ0n) is 12.6. The molecule has 0 saturated heterocycles. The monoisotopic (exact) mass is 309 g/mol. The van der Waals surface area contributed by atoms with Crippen LogP contribution in [0.25, 0.3) is 0 Å². The van der Waals surface area contributed by atoms with E-state index in [0.29, 0.717) is 11.8 Å². The SMILES string of the molecule is C[C@H]1[C@H](C)CCC[C@H]1NC(=O)COC(=O)Cc1cccs1. The third-order valence-corrected chi connectivity index (χ3v) is 5.19. The van der Waals surface area contributed by atoms with Gasteiger partial charge in [0.05, 0.1) is 6.42 Å². The van der Waals surface area contributed by atoms with Crippen LogP contribution in [0.2, 0.25) is 0 Å². The maximum atomic E-state index is 11.9. The van der Waals surface area contributed by atoms with E-state index in [1.54, 1.807) is 0 Å². The highest BCUT2D eigenvalue weighted by Gasteiger charge is 2.28. The van der Waals surface area contributed by atoms with Crippen LogP contribution in [-0.2, 0) is 20.7 Å². The van der Waals surface area contributed by atoms with Crippen LogP contribution in [0.3, 0.4) is 0 Å². The van der Waals surface area contributed by atoms with Gasteiger partial charge in [0.25, 0.3) is 5.91 Å². The number of rotatable bonds is 5. The third kappa shape index (κ3) is 4.84. The molecule has 1 amide bonds. The number of hydrogen-bond donors (Lipinski definition) is 1. The van der Waals surface area contributed by atoms with Crippen LogP contribution in [0.4, 0.5) is 0 Å². The van der Waals surface area contributed by atoms with Crippen molar-refractivity contribution >= 4 is 23.2 Å². The fourth-order valence-corrected chi connectivity index (χ4v) is 3.48. The molecule has 1 fully saturated rings. The maximum Gasteiger partial charge on any atom is 0.311 e. The molecule has 0 aromatic carbocycles. The van der Waals surface area contributed by atoms with Crippen LogP contribution in [-0.4, -0.2) is 24.5 Å². The van der Waals surface area contributed by atoms with Gasteiger partial charge in [-0.05, 0) is 29.7 Å². The number of hydrogen-bond acceptors (Lipinski definition) is 4. The number of nitrogens with one attached hydrogen (secondary N) is 1. The molecular formula is C16H23NO3S. The second-order valence-corrected chi connectivity index (χ2v) is 6.89. The lowest BCUT2D eigenvalue weighted by Crippen LogP contribution is -2.45. The van der Waals surface area contributed by atoms with Crippen molar-refractivity contribution in [2.45, 2.75) is 45.6 Å². The van der Waals surface area contributed by atoms with E-state index >= 15 is 0 Å². The summed E-state index contributed by atoms with van der Waals surface area (Å²) < 4.78 is 5.04. The van der Waals surface area contributed by atoms with Crippen molar-refractivity contribution in [3.63, 3.8) is 0 Å². The number of amides is 1. The highest BCUT2D eigenvalue weighted by molar-refractivity contribution is 7.10. The van der Waals surface area contributed by atoms with Crippen LogP contribution in [0.15, 0.2) is 17.5 Å². The van der Waals surface area contributed by atoms with Crippen LogP contribution in [0, 0.1) is 11.8 Å². The van der Waals surface area contributed by atoms with E-state index in [4.69, 9.17) is 4.74 Å². The Morgan fingerprint density at radius 3 is 2.90 bits per heavy atom. The predicted molar refractivity (Wildman–Crippen MR) is 83.1 cm³/mol. The molecule has 5 heteroatoms. The van der Waals surface area contributed by atoms with Gasteiger partial charge in [0, 0.05) is 10.9 Å². The third-order valence-electron chi connectivity index (χ3n) is 4.32. The van der Waals surface area contributed by atoms with Gasteiger partial charge in [-0.15, -0.1) is 11.3 Å². The molecule has 0 bridgehead atoms. The quantitative estimate of drug-likeness (QED) is 0.851. The predicted octanol–water partition coefficient (Wildman–Crippen LogP) is 2.77. The smallest absolute Gasteiger partial charge is 0.311 e. The highest BCUT2D eigenvalue weighted by atomic mass is 32.1. The zero-order valence-corrected chi connectivity index (χ0v) is 13.4. The lowest BCUT2D eigenvalue weighted by Gasteiger charge is -2.34. The van der Waals surface area contributed by atoms with Crippen LogP contribution < -0.4 is 5.32 Å². The Kier molecular flexibility index (Phi) is 5.79. The number of thiophene rings is 1. The molecule has 1 aliphatic rings. The molecule has 1 heterocycles. The Morgan fingerprint density at radius 1 is 1.38 bits per heavy atom. The Morgan fingerprint density at radius 2 is 2.19 bits per heavy atom. The van der Waals surface area contributed by atoms with E-state index in [2.05, 4.69) is 19.2 Å². The molecule has 1 N–H and O–H groups in total. The lowest BCUT2D eigenvalue weighted by molar-refractivity contribution is -0.148. The Labute approximate surface area is 129 Å². The summed E-state index contributed by atoms with van der Waals surface area (Å²) in [6.45, 7) is 4.23. The summed E-state index contributed by atoms with van der Waals surface area (Å²) in [6.07, 6.45) is 3.63. The molecule has 3 atom stereocenters. The van der Waals surface area contributed by atoms with Gasteiger partial charge < -0.3 is 10.1 Å². The first-order chi connectivity index (χ1) is 10.1. The zero-order chi connectivity index (χ0) is 15.2. The summed E-state index contributed by atoms with van der Waals surface area (Å²) in [5.74, 6) is 0.563. The topological polar surface area (TPSA) is 55.4 Å². The van der Waals surface area contributed by atoms with Gasteiger partial charge in [-0.3, -0.25) is 9.59 Å². The average Bonchev–Trinajstić information content (AvgIpc) is 2.94. The molecule has 0 radical (unpaired) electrons. The van der Waals surface area contributed by atoms with Crippen molar-refractivity contribution in [3.8, 4) is 0 Å². The number of carbonyl (C=O) groups excluding carboxylic acids is 2. The van der Waals surface area contributed by atoms with E-state index in [9.17, 15) is 9.59 Å². The molecule has 21 heavy (non-hydrogen) atoms. The fraction of sp³-hybridized carbons (Fsp3) is 0.625. The molecule has 1 saturated carbocycles. The molecule has 4 nitrogen and oxygen atoms in total. The second-order valence-electron chi connectivity index (χ2n) is 5.86. The standard InChI is InChI=1S/C16H23NO3S/c1-11-5-3-7-14(12(11)2)17-15(18)10-20-16(19)9-13-6-4-8-21-13/h4,6,8,11-12,14H,3,5,7,9-10H2,1-2H3,(H,17,18)/t11-,12+,14-/m1/s1. The molecule has 0 spiro atoms. The number of carbonyl (C=O) groups is 2. The van der Waals surface area contributed by atoms with Gasteiger partial charge in [-0.25, -0.2) is 0 Å². The van der Waals surface area contributed by atoms with Crippen molar-refractivity contribution in [1.29, 1.82) is 0 Å². The largest absolute Gasteiger partial charge is 0.455 e. The van der Waals surface area contributed by atoms with E-state index in [1.807, 2.05) is 17.5 Å². The van der Waals surface area contributed by atoms with Crippen LogP contribution >= 0.6 is 11.3 Å². The first kappa shape index (κ1) is 16.0. The normalized spacial score (nSPS) is 25.3. The fourth-order valence-electron chi connectivity index (χ4n) is 2.79. The molecule has 2 rings (SSSR count). The summed E-state index contributed by atoms with van der Waals surface area (Å²) in [5.41, 5.74) is 0. The first-order valence-corrected chi connectivity index (χ1v) is 8.41. The first-order valence-electron chi connectivity index (χ1n) is 7.53. The van der Waals surface area contributed by atoms with E-state index in [-0.39, 0.29) is 30.9 Å². The Hall–Kier alpha value is -1.36. The van der Waals surface area contributed by atoms with Crippen molar-refractivity contribution in [3.05, 3.63) is 22.4 Å². The van der Waals surface area contributed by atoms with E-state index < -0.39 is 0 Å². The summed E-state index contributed by atoms with van der Waals surface area (Å²) >= 11 is 1.51. The van der Waals surface area contributed by atoms with E-state index in [0.717, 1.165) is 17.7 Å². The van der Waals surface area contributed by atoms with Gasteiger partial charge >= 0.3 is 5.97 Å². The molecule has 0 unspecified atom stereocenters. The van der Waals surface area contributed by atoms with Crippen molar-refractivity contribution in [1.82, 2.24) is 5.32 Å². The van der Waals surface area contributed by atoms with Crippen molar-refractivity contribution in [2.24, 2.45) is 11.8 Å². The van der Waals surface area contributed by atoms with Crippen molar-refractivity contribution < 1.29 is 14.3 Å². The molecule has 1 aromatic rings. The van der Waals surface area contributed by atoms with Crippen molar-refractivity contribution in [2.75, 3.05) is 6.61 Å². The van der Waals surface area contributed by atoms with Crippen LogP contribution in [0.5, 0.6) is 0 Å². The molecular weight excluding hydrogens is 286 g/mol. The summed E-state index contributed by atoms with van der Waals surface area (Å²) in [4.78, 5) is 24.5.